The predicted octanol–water partition coefficient (Wildman–Crippen LogP) is 1.51. The summed E-state index contributed by atoms with van der Waals surface area (Å²) in [6.07, 6.45) is 0.759. The van der Waals surface area contributed by atoms with Gasteiger partial charge in [0.1, 0.15) is 11.3 Å². The first kappa shape index (κ1) is 21.4. The van der Waals surface area contributed by atoms with Crippen LogP contribution in [0.5, 0.6) is 28.9 Å². The molecule has 2 aliphatic rings. The number of nitrogens with one attached hydrogen (secondary N) is 2. The number of aromatic amines is 1. The van der Waals surface area contributed by atoms with Gasteiger partial charge >= 0.3 is 0 Å². The fraction of sp³-hybridized carbons (Fsp3) is 0.304. The number of likely N-dealkylation sites (N-methyl/N-ethyl adjacent to an activating group) is 1. The van der Waals surface area contributed by atoms with Gasteiger partial charge in [0.15, 0.2) is 22.3 Å². The van der Waals surface area contributed by atoms with E-state index in [0.717, 1.165) is 29.0 Å². The van der Waals surface area contributed by atoms with E-state index in [4.69, 9.17) is 31.2 Å². The number of methoxy groups -OCH3 is 2. The van der Waals surface area contributed by atoms with Crippen LogP contribution in [0.1, 0.15) is 22.7 Å². The van der Waals surface area contributed by atoms with Crippen molar-refractivity contribution in [2.75, 3.05) is 34.6 Å². The predicted molar refractivity (Wildman–Crippen MR) is 122 cm³/mol. The van der Waals surface area contributed by atoms with Crippen LogP contribution >= 0.6 is 12.2 Å². The Balaban J connectivity index is 1.80. The maximum atomic E-state index is 13.2. The second kappa shape index (κ2) is 8.13. The molecule has 0 aliphatic carbocycles. The summed E-state index contributed by atoms with van der Waals surface area (Å²) in [5.74, 6) is 1.89. The number of hydrogen-bond donors (Lipinski definition) is 3. The molecular formula is C23H24N3O6S+. The van der Waals surface area contributed by atoms with Gasteiger partial charge in [-0.1, -0.05) is 12.1 Å². The number of aromatic nitrogens is 2. The summed E-state index contributed by atoms with van der Waals surface area (Å²) in [6, 6.07) is 8.55. The third-order valence-electron chi connectivity index (χ3n) is 6.25. The molecule has 0 bridgehead atoms. The first-order valence-corrected chi connectivity index (χ1v) is 10.9. The molecule has 2 atom stereocenters. The van der Waals surface area contributed by atoms with E-state index in [9.17, 15) is 9.90 Å². The van der Waals surface area contributed by atoms with Crippen LogP contribution in [0.3, 0.4) is 0 Å². The highest BCUT2D eigenvalue weighted by Gasteiger charge is 2.41. The number of H-pyrrole nitrogens is 1. The van der Waals surface area contributed by atoms with Crippen LogP contribution in [-0.4, -0.2) is 49.3 Å². The van der Waals surface area contributed by atoms with E-state index < -0.39 is 11.6 Å². The zero-order valence-electron chi connectivity index (χ0n) is 18.4. The lowest BCUT2D eigenvalue weighted by molar-refractivity contribution is -0.908. The fourth-order valence-corrected chi connectivity index (χ4v) is 5.03. The normalized spacial score (nSPS) is 18.6. The van der Waals surface area contributed by atoms with Crippen LogP contribution in [0.25, 0.3) is 5.69 Å². The Morgan fingerprint density at radius 3 is 2.76 bits per heavy atom. The molecule has 0 saturated carbocycles. The van der Waals surface area contributed by atoms with E-state index >= 15 is 0 Å². The minimum Gasteiger partial charge on any atom is -0.495 e. The highest BCUT2D eigenvalue weighted by Crippen LogP contribution is 2.48. The number of rotatable bonds is 4. The Labute approximate surface area is 194 Å². The zero-order valence-corrected chi connectivity index (χ0v) is 19.2. The average Bonchev–Trinajstić information content (AvgIpc) is 3.27. The smallest absolute Gasteiger partial charge is 0.265 e. The van der Waals surface area contributed by atoms with E-state index in [1.807, 2.05) is 19.2 Å². The summed E-state index contributed by atoms with van der Waals surface area (Å²) in [6.45, 7) is 0.843. The van der Waals surface area contributed by atoms with Crippen molar-refractivity contribution in [1.29, 1.82) is 0 Å². The van der Waals surface area contributed by atoms with Crippen molar-refractivity contribution in [2.24, 2.45) is 0 Å². The van der Waals surface area contributed by atoms with Gasteiger partial charge in [-0.15, -0.1) is 0 Å². The topological polar surface area (TPSA) is 99.4 Å². The third kappa shape index (κ3) is 3.25. The quantitative estimate of drug-likeness (QED) is 0.497. The first-order valence-electron chi connectivity index (χ1n) is 10.5. The van der Waals surface area contributed by atoms with Crippen LogP contribution in [0.2, 0.25) is 0 Å². The lowest BCUT2D eigenvalue weighted by atomic mass is 9.87. The van der Waals surface area contributed by atoms with Gasteiger partial charge in [0, 0.05) is 6.42 Å². The molecule has 1 aromatic heterocycles. The molecule has 1 unspecified atom stereocenters. The SMILES string of the molecule is COc1ccccc1-n1c(O)c([C@@H]2c3c(cc4c(c3OC)OCO4)CC[NH+]2C)c(=O)[nH]c1=S. The molecule has 3 aromatic rings. The first-order chi connectivity index (χ1) is 16.0. The summed E-state index contributed by atoms with van der Waals surface area (Å²) in [5.41, 5.74) is 2.02. The van der Waals surface area contributed by atoms with E-state index in [1.165, 1.54) is 11.7 Å². The second-order valence-corrected chi connectivity index (χ2v) is 8.39. The van der Waals surface area contributed by atoms with E-state index in [1.54, 1.807) is 25.3 Å². The largest absolute Gasteiger partial charge is 0.495 e. The Hall–Kier alpha value is -3.50. The second-order valence-electron chi connectivity index (χ2n) is 8.00. The third-order valence-corrected chi connectivity index (χ3v) is 6.54. The minimum atomic E-state index is -0.529. The van der Waals surface area contributed by atoms with Crippen molar-refractivity contribution in [3.63, 3.8) is 0 Å². The van der Waals surface area contributed by atoms with Crippen LogP contribution in [0, 0.1) is 4.77 Å². The summed E-state index contributed by atoms with van der Waals surface area (Å²) < 4.78 is 24.0. The van der Waals surface area contributed by atoms with Crippen LogP contribution in [0.4, 0.5) is 0 Å². The standard InChI is InChI=1S/C23H23N3O6S/c1-25-9-8-12-10-15-19(32-11-31-15)20(30-3)16(12)18(25)17-21(27)24-23(33)26(22(17)28)13-6-4-5-7-14(13)29-2/h4-7,10,18,28H,8-9,11H2,1-3H3,(H,24,27,33)/p+1/t18-/m0/s1. The molecule has 0 radical (unpaired) electrons. The number of nitrogens with zero attached hydrogens (tertiary/aromatic N) is 1. The average molecular weight is 471 g/mol. The highest BCUT2D eigenvalue weighted by molar-refractivity contribution is 7.71. The number of aromatic hydroxyl groups is 1. The lowest BCUT2D eigenvalue weighted by Gasteiger charge is -2.33. The van der Waals surface area contributed by atoms with Gasteiger partial charge in [0.2, 0.25) is 18.4 Å². The molecule has 2 aromatic carbocycles. The van der Waals surface area contributed by atoms with Crippen LogP contribution in [0.15, 0.2) is 35.1 Å². The number of quaternary nitrogens is 1. The van der Waals surface area contributed by atoms with Crippen molar-refractivity contribution in [1.82, 2.24) is 9.55 Å². The van der Waals surface area contributed by atoms with Crippen molar-refractivity contribution in [3.8, 4) is 34.6 Å². The summed E-state index contributed by atoms with van der Waals surface area (Å²) >= 11 is 5.42. The lowest BCUT2D eigenvalue weighted by Crippen LogP contribution is -3.10. The molecule has 172 valence electrons. The van der Waals surface area contributed by atoms with Crippen molar-refractivity contribution in [2.45, 2.75) is 12.5 Å². The minimum absolute atomic E-state index is 0.0667. The van der Waals surface area contributed by atoms with Gasteiger partial charge in [0.25, 0.3) is 5.56 Å². The molecule has 0 amide bonds. The van der Waals surface area contributed by atoms with Gasteiger partial charge in [0.05, 0.1) is 39.1 Å². The number of para-hydroxylation sites is 2. The maximum Gasteiger partial charge on any atom is 0.265 e. The Kier molecular flexibility index (Phi) is 5.26. The van der Waals surface area contributed by atoms with E-state index in [-0.39, 0.29) is 23.0 Å². The molecular weight excluding hydrogens is 446 g/mol. The van der Waals surface area contributed by atoms with Gasteiger partial charge < -0.3 is 29.0 Å². The summed E-state index contributed by atoms with van der Waals surface area (Å²) in [7, 11) is 5.07. The van der Waals surface area contributed by atoms with E-state index in [0.29, 0.717) is 28.7 Å². The molecule has 0 spiro atoms. The maximum absolute atomic E-state index is 13.2. The van der Waals surface area contributed by atoms with Gasteiger partial charge in [-0.25, -0.2) is 0 Å². The number of hydrogen-bond acceptors (Lipinski definition) is 7. The monoisotopic (exact) mass is 470 g/mol. The fourth-order valence-electron chi connectivity index (χ4n) is 4.75. The number of fused-ring (bicyclic) bond motifs is 2. The van der Waals surface area contributed by atoms with Gasteiger partial charge in [-0.3, -0.25) is 14.3 Å². The van der Waals surface area contributed by atoms with Crippen molar-refractivity contribution in [3.05, 3.63) is 62.1 Å². The molecule has 3 N–H and O–H groups in total. The molecule has 0 saturated heterocycles. The van der Waals surface area contributed by atoms with Gasteiger partial charge in [-0.2, -0.15) is 0 Å². The molecule has 2 aliphatic heterocycles. The summed E-state index contributed by atoms with van der Waals surface area (Å²) in [4.78, 5) is 17.0. The Morgan fingerprint density at radius 2 is 2.00 bits per heavy atom. The molecule has 10 heteroatoms. The van der Waals surface area contributed by atoms with E-state index in [2.05, 4.69) is 4.98 Å². The van der Waals surface area contributed by atoms with Crippen LogP contribution in [-0.2, 0) is 6.42 Å². The number of benzene rings is 2. The summed E-state index contributed by atoms with van der Waals surface area (Å²) in [5, 5.41) is 11.5. The Morgan fingerprint density at radius 1 is 1.21 bits per heavy atom. The zero-order chi connectivity index (χ0) is 23.3. The molecule has 0 fully saturated rings. The molecule has 9 nitrogen and oxygen atoms in total. The Bertz CT molecular complexity index is 1370. The molecule has 5 rings (SSSR count). The number of ether oxygens (including phenoxy) is 4. The van der Waals surface area contributed by atoms with Crippen molar-refractivity contribution >= 4 is 12.2 Å². The molecule has 3 heterocycles. The van der Waals surface area contributed by atoms with Crippen molar-refractivity contribution < 1.29 is 29.0 Å². The van der Waals surface area contributed by atoms with Gasteiger partial charge in [-0.05, 0) is 36.0 Å². The van der Waals surface area contributed by atoms with Crippen LogP contribution < -0.4 is 29.4 Å². The highest BCUT2D eigenvalue weighted by atomic mass is 32.1. The molecule has 33 heavy (non-hydrogen) atoms.